The number of likely N-dealkylation sites (tertiary alicyclic amines) is 1. The second kappa shape index (κ2) is 13.1. The molecule has 1 aliphatic carbocycles. The smallest absolute Gasteiger partial charge is 0.419 e. The molecule has 0 radical (unpaired) electrons. The number of carbonyl (C=O) groups is 1. The molecular formula is C32H38F3N5O2. The number of benzene rings is 1. The van der Waals surface area contributed by atoms with Crippen LogP contribution in [-0.4, -0.2) is 53.6 Å². The highest BCUT2D eigenvalue weighted by atomic mass is 19.4. The molecular weight excluding hydrogens is 543 g/mol. The van der Waals surface area contributed by atoms with E-state index in [2.05, 4.69) is 27.9 Å². The standard InChI is InChI=1S/C32H38F3N5O2/c1-2-22-19-37-31(38-20-22)40-15-11-24(12-16-40)21-42-29-8-7-27(17-28(29)32(33,34)35)25-3-5-26(6-4-25)30(41)39-13-9-23(18-36)10-14-39/h3,7-8,17,19-20,23-24,26H,2,4-6,9-16,21H2,1H3. The van der Waals surface area contributed by atoms with Gasteiger partial charge in [0.15, 0.2) is 0 Å². The molecule has 224 valence electrons. The fourth-order valence-electron chi connectivity index (χ4n) is 6.09. The van der Waals surface area contributed by atoms with Crippen molar-refractivity contribution in [3.05, 3.63) is 53.4 Å². The summed E-state index contributed by atoms with van der Waals surface area (Å²) in [7, 11) is 0. The van der Waals surface area contributed by atoms with Gasteiger partial charge in [-0.3, -0.25) is 4.79 Å². The average molecular weight is 582 g/mol. The molecule has 0 bridgehead atoms. The van der Waals surface area contributed by atoms with Crippen LogP contribution in [0.25, 0.3) is 5.57 Å². The first-order valence-electron chi connectivity index (χ1n) is 15.0. The summed E-state index contributed by atoms with van der Waals surface area (Å²) < 4.78 is 48.1. The van der Waals surface area contributed by atoms with Crippen molar-refractivity contribution in [1.29, 1.82) is 5.26 Å². The third-order valence-corrected chi connectivity index (χ3v) is 8.88. The molecule has 2 saturated heterocycles. The highest BCUT2D eigenvalue weighted by Gasteiger charge is 2.36. The predicted octanol–water partition coefficient (Wildman–Crippen LogP) is 6.30. The molecule has 1 aromatic heterocycles. The summed E-state index contributed by atoms with van der Waals surface area (Å²) in [6.45, 7) is 4.95. The molecule has 3 aliphatic rings. The topological polar surface area (TPSA) is 82.4 Å². The second-order valence-corrected chi connectivity index (χ2v) is 11.6. The second-order valence-electron chi connectivity index (χ2n) is 11.6. The maximum Gasteiger partial charge on any atom is 0.419 e. The maximum atomic E-state index is 14.1. The Kier molecular flexibility index (Phi) is 9.34. The van der Waals surface area contributed by atoms with E-state index in [-0.39, 0.29) is 36.0 Å². The van der Waals surface area contributed by atoms with E-state index in [4.69, 9.17) is 10.00 Å². The van der Waals surface area contributed by atoms with Crippen LogP contribution in [-0.2, 0) is 17.4 Å². The number of halogens is 3. The fourth-order valence-corrected chi connectivity index (χ4v) is 6.09. The maximum absolute atomic E-state index is 14.1. The third-order valence-electron chi connectivity index (χ3n) is 8.88. The molecule has 0 N–H and O–H groups in total. The van der Waals surface area contributed by atoms with Gasteiger partial charge in [0.05, 0.1) is 18.2 Å². The molecule has 2 fully saturated rings. The lowest BCUT2D eigenvalue weighted by Crippen LogP contribution is -2.41. The normalized spacial score (nSPS) is 20.6. The van der Waals surface area contributed by atoms with E-state index < -0.39 is 11.7 Å². The van der Waals surface area contributed by atoms with E-state index in [1.165, 1.54) is 12.1 Å². The monoisotopic (exact) mass is 581 g/mol. The van der Waals surface area contributed by atoms with Crippen LogP contribution in [0.15, 0.2) is 36.7 Å². The molecule has 1 atom stereocenters. The quantitative estimate of drug-likeness (QED) is 0.382. The summed E-state index contributed by atoms with van der Waals surface area (Å²) >= 11 is 0. The third kappa shape index (κ3) is 7.05. The number of rotatable bonds is 7. The minimum atomic E-state index is -4.54. The highest BCUT2D eigenvalue weighted by Crippen LogP contribution is 2.40. The summed E-state index contributed by atoms with van der Waals surface area (Å²) in [4.78, 5) is 25.8. The van der Waals surface area contributed by atoms with Gasteiger partial charge in [-0.05, 0) is 86.1 Å². The van der Waals surface area contributed by atoms with E-state index in [0.29, 0.717) is 56.7 Å². The van der Waals surface area contributed by atoms with E-state index in [1.807, 2.05) is 23.4 Å². The molecule has 10 heteroatoms. The van der Waals surface area contributed by atoms with Crippen molar-refractivity contribution >= 4 is 17.4 Å². The van der Waals surface area contributed by atoms with Crippen molar-refractivity contribution in [1.82, 2.24) is 14.9 Å². The zero-order valence-corrected chi connectivity index (χ0v) is 24.1. The first-order valence-corrected chi connectivity index (χ1v) is 15.0. The van der Waals surface area contributed by atoms with Crippen LogP contribution in [0.5, 0.6) is 5.75 Å². The van der Waals surface area contributed by atoms with Crippen LogP contribution in [0.4, 0.5) is 19.1 Å². The van der Waals surface area contributed by atoms with Crippen molar-refractivity contribution in [3.8, 4) is 11.8 Å². The minimum Gasteiger partial charge on any atom is -0.493 e. The van der Waals surface area contributed by atoms with Crippen molar-refractivity contribution < 1.29 is 22.7 Å². The number of ether oxygens (including phenoxy) is 1. The molecule has 1 unspecified atom stereocenters. The molecule has 0 saturated carbocycles. The summed E-state index contributed by atoms with van der Waals surface area (Å²) in [6, 6.07) is 6.61. The van der Waals surface area contributed by atoms with Crippen LogP contribution in [0.1, 0.15) is 68.6 Å². The Morgan fingerprint density at radius 2 is 1.79 bits per heavy atom. The van der Waals surface area contributed by atoms with Gasteiger partial charge in [-0.1, -0.05) is 19.1 Å². The number of hydrogen-bond acceptors (Lipinski definition) is 6. The molecule has 7 nitrogen and oxygen atoms in total. The van der Waals surface area contributed by atoms with Gasteiger partial charge < -0.3 is 14.5 Å². The zero-order chi connectivity index (χ0) is 29.7. The number of aryl methyl sites for hydroxylation is 1. The number of aromatic nitrogens is 2. The summed E-state index contributed by atoms with van der Waals surface area (Å²) in [5, 5.41) is 9.09. The summed E-state index contributed by atoms with van der Waals surface area (Å²) in [5.41, 5.74) is 1.68. The van der Waals surface area contributed by atoms with E-state index in [0.717, 1.165) is 43.5 Å². The number of nitrogens with zero attached hydrogens (tertiary/aromatic N) is 5. The number of carbonyl (C=O) groups excluding carboxylic acids is 1. The van der Waals surface area contributed by atoms with Crippen molar-refractivity contribution in [2.75, 3.05) is 37.7 Å². The Hall–Kier alpha value is -3.61. The molecule has 0 spiro atoms. The predicted molar refractivity (Wildman–Crippen MR) is 154 cm³/mol. The van der Waals surface area contributed by atoms with E-state index >= 15 is 0 Å². The SMILES string of the molecule is CCc1cnc(N2CCC(COc3ccc(C4=CCC(C(=O)N5CCC(C#N)CC5)CC4)cc3C(F)(F)F)CC2)nc1. The summed E-state index contributed by atoms with van der Waals surface area (Å²) in [6.07, 6.45) is 6.58. The zero-order valence-electron chi connectivity index (χ0n) is 24.1. The average Bonchev–Trinajstić information content (AvgIpc) is 3.03. The molecule has 1 amide bonds. The Balaban J connectivity index is 1.17. The van der Waals surface area contributed by atoms with Gasteiger partial charge in [-0.2, -0.15) is 18.4 Å². The van der Waals surface area contributed by atoms with Gasteiger partial charge >= 0.3 is 6.18 Å². The molecule has 2 aromatic rings. The highest BCUT2D eigenvalue weighted by molar-refractivity contribution is 5.81. The number of anilines is 1. The molecule has 1 aromatic carbocycles. The van der Waals surface area contributed by atoms with Gasteiger partial charge in [0, 0.05) is 50.4 Å². The van der Waals surface area contributed by atoms with Crippen LogP contribution >= 0.6 is 0 Å². The van der Waals surface area contributed by atoms with Gasteiger partial charge in [-0.25, -0.2) is 9.97 Å². The molecule has 42 heavy (non-hydrogen) atoms. The number of hydrogen-bond donors (Lipinski definition) is 0. The number of allylic oxidation sites excluding steroid dienone is 2. The van der Waals surface area contributed by atoms with Gasteiger partial charge in [-0.15, -0.1) is 0 Å². The van der Waals surface area contributed by atoms with E-state index in [9.17, 15) is 18.0 Å². The Labute approximate surface area is 245 Å². The lowest BCUT2D eigenvalue weighted by molar-refractivity contribution is -0.139. The fraction of sp³-hybridized carbons (Fsp3) is 0.562. The first-order chi connectivity index (χ1) is 20.2. The van der Waals surface area contributed by atoms with Crippen LogP contribution in [0, 0.1) is 29.1 Å². The van der Waals surface area contributed by atoms with Crippen LogP contribution < -0.4 is 9.64 Å². The lowest BCUT2D eigenvalue weighted by Gasteiger charge is -2.33. The van der Waals surface area contributed by atoms with Crippen molar-refractivity contribution in [3.63, 3.8) is 0 Å². The largest absolute Gasteiger partial charge is 0.493 e. The number of nitriles is 1. The first kappa shape index (κ1) is 29.9. The lowest BCUT2D eigenvalue weighted by atomic mass is 9.85. The summed E-state index contributed by atoms with van der Waals surface area (Å²) in [5.74, 6) is 0.642. The molecule has 5 rings (SSSR count). The number of amides is 1. The Morgan fingerprint density at radius 1 is 1.07 bits per heavy atom. The van der Waals surface area contributed by atoms with Gasteiger partial charge in [0.2, 0.25) is 11.9 Å². The van der Waals surface area contributed by atoms with Crippen molar-refractivity contribution in [2.24, 2.45) is 17.8 Å². The molecule has 3 heterocycles. The number of alkyl halides is 3. The van der Waals surface area contributed by atoms with Crippen LogP contribution in [0.3, 0.4) is 0 Å². The minimum absolute atomic E-state index is 0.0127. The van der Waals surface area contributed by atoms with Gasteiger partial charge in [0.1, 0.15) is 5.75 Å². The Morgan fingerprint density at radius 3 is 2.38 bits per heavy atom. The molecule has 2 aliphatic heterocycles. The number of piperidine rings is 2. The Bertz CT molecular complexity index is 1300. The van der Waals surface area contributed by atoms with Crippen LogP contribution in [0.2, 0.25) is 0 Å². The van der Waals surface area contributed by atoms with E-state index in [1.54, 1.807) is 6.07 Å². The van der Waals surface area contributed by atoms with Crippen molar-refractivity contribution in [2.45, 2.75) is 64.5 Å². The van der Waals surface area contributed by atoms with Gasteiger partial charge in [0.25, 0.3) is 0 Å².